The Bertz CT molecular complexity index is 1090. The van der Waals surface area contributed by atoms with Crippen molar-refractivity contribution in [3.63, 3.8) is 0 Å². The second-order valence-corrected chi connectivity index (χ2v) is 8.17. The van der Waals surface area contributed by atoms with Crippen LogP contribution in [0.3, 0.4) is 0 Å². The predicted octanol–water partition coefficient (Wildman–Crippen LogP) is 2.36. The summed E-state index contributed by atoms with van der Waals surface area (Å²) < 4.78 is 12.6. The number of imidazole rings is 1. The fraction of sp³-hybridized carbons (Fsp3) is 0.381. The highest BCUT2D eigenvalue weighted by Crippen LogP contribution is 2.23. The fourth-order valence-electron chi connectivity index (χ4n) is 2.98. The number of rotatable bonds is 8. The van der Waals surface area contributed by atoms with Gasteiger partial charge in [-0.15, -0.1) is 0 Å². The van der Waals surface area contributed by atoms with Crippen molar-refractivity contribution in [2.75, 3.05) is 5.73 Å². The van der Waals surface area contributed by atoms with Gasteiger partial charge in [-0.25, -0.2) is 9.78 Å². The van der Waals surface area contributed by atoms with Crippen molar-refractivity contribution in [2.45, 2.75) is 52.0 Å². The Hall–Kier alpha value is -3.89. The molecule has 0 fully saturated rings. The molecule has 170 valence electrons. The molecule has 3 rings (SSSR count). The van der Waals surface area contributed by atoms with E-state index in [1.165, 1.54) is 6.33 Å². The second kappa shape index (κ2) is 9.50. The number of carboxylic acid groups (broad SMARTS) is 1. The highest BCUT2D eigenvalue weighted by Gasteiger charge is 2.23. The van der Waals surface area contributed by atoms with E-state index in [0.29, 0.717) is 11.2 Å². The van der Waals surface area contributed by atoms with Gasteiger partial charge in [0.1, 0.15) is 12.2 Å². The monoisotopic (exact) mass is 442 g/mol. The number of nitrogens with zero attached hydrogens (tertiary/aromatic N) is 4. The van der Waals surface area contributed by atoms with Crippen molar-refractivity contribution >= 4 is 29.2 Å². The molecule has 0 spiro atoms. The molecule has 11 nitrogen and oxygen atoms in total. The highest BCUT2D eigenvalue weighted by molar-refractivity contribution is 5.77. The van der Waals surface area contributed by atoms with Crippen molar-refractivity contribution in [1.82, 2.24) is 24.8 Å². The largest absolute Gasteiger partial charge is 0.481 e. The van der Waals surface area contributed by atoms with E-state index in [9.17, 15) is 14.7 Å². The van der Waals surface area contributed by atoms with Gasteiger partial charge >= 0.3 is 12.1 Å². The van der Waals surface area contributed by atoms with Crippen molar-refractivity contribution in [3.8, 4) is 5.88 Å². The molecule has 0 aliphatic heterocycles. The Balaban J connectivity index is 1.81. The number of anilines is 1. The Morgan fingerprint density at radius 3 is 2.59 bits per heavy atom. The topological polar surface area (TPSA) is 154 Å². The van der Waals surface area contributed by atoms with Gasteiger partial charge in [0.25, 0.3) is 0 Å². The van der Waals surface area contributed by atoms with Crippen LogP contribution in [0.25, 0.3) is 11.2 Å². The molecular formula is C21H26N6O5. The molecule has 2 heterocycles. The van der Waals surface area contributed by atoms with Crippen LogP contribution in [0.4, 0.5) is 10.7 Å². The number of fused-ring (bicyclic) bond motifs is 1. The van der Waals surface area contributed by atoms with Crippen LogP contribution in [0.15, 0.2) is 36.7 Å². The van der Waals surface area contributed by atoms with E-state index in [1.807, 2.05) is 30.3 Å². The number of carbonyl (C=O) groups is 2. The Labute approximate surface area is 184 Å². The number of alkyl carbamates (subject to hydrolysis) is 1. The lowest BCUT2D eigenvalue weighted by atomic mass is 10.2. The summed E-state index contributed by atoms with van der Waals surface area (Å²) in [6, 6.07) is 8.77. The first kappa shape index (κ1) is 22.8. The molecule has 1 atom stereocenters. The third-order valence-electron chi connectivity index (χ3n) is 4.23. The average molecular weight is 442 g/mol. The number of amides is 1. The minimum Gasteiger partial charge on any atom is -0.481 e. The van der Waals surface area contributed by atoms with E-state index in [1.54, 1.807) is 25.3 Å². The van der Waals surface area contributed by atoms with E-state index >= 15 is 0 Å². The number of nitrogen functional groups attached to an aromatic ring is 1. The molecule has 1 amide bonds. The maximum Gasteiger partial charge on any atom is 0.407 e. The second-order valence-electron chi connectivity index (χ2n) is 8.17. The minimum absolute atomic E-state index is 0.0165. The van der Waals surface area contributed by atoms with Crippen LogP contribution in [0.5, 0.6) is 5.88 Å². The number of aliphatic carboxylic acids is 1. The van der Waals surface area contributed by atoms with Gasteiger partial charge in [0.05, 0.1) is 18.8 Å². The zero-order valence-electron chi connectivity index (χ0n) is 18.1. The first-order valence-corrected chi connectivity index (χ1v) is 9.97. The van der Waals surface area contributed by atoms with Gasteiger partial charge in [-0.3, -0.25) is 4.79 Å². The van der Waals surface area contributed by atoms with Gasteiger partial charge in [0.2, 0.25) is 11.8 Å². The Morgan fingerprint density at radius 1 is 1.22 bits per heavy atom. The number of nitrogens with one attached hydrogen (secondary N) is 1. The molecule has 4 N–H and O–H groups in total. The maximum absolute atomic E-state index is 12.2. The molecule has 2 aromatic heterocycles. The molecule has 3 aromatic rings. The number of aromatic nitrogens is 4. The van der Waals surface area contributed by atoms with Gasteiger partial charge < -0.3 is 30.2 Å². The normalized spacial score (nSPS) is 12.3. The van der Waals surface area contributed by atoms with E-state index in [0.717, 1.165) is 5.56 Å². The van der Waals surface area contributed by atoms with Gasteiger partial charge in [0.15, 0.2) is 11.2 Å². The van der Waals surface area contributed by atoms with Crippen molar-refractivity contribution in [3.05, 3.63) is 42.2 Å². The quantitative estimate of drug-likeness (QED) is 0.477. The molecule has 0 saturated carbocycles. The van der Waals surface area contributed by atoms with Crippen molar-refractivity contribution < 1.29 is 24.2 Å². The standard InChI is InChI=1S/C21H26N6O5/c1-21(2,3)32-20(30)24-14(9-15(28)29)10-27-12-23-16-17(27)25-19(22)26-18(16)31-11-13-7-5-4-6-8-13/h4-8,12,14H,9-11H2,1-3H3,(H,24,30)(H,28,29)(H2,22,25,26)/t14-/m0/s1. The van der Waals surface area contributed by atoms with Crippen molar-refractivity contribution in [2.24, 2.45) is 0 Å². The summed E-state index contributed by atoms with van der Waals surface area (Å²) in [5.74, 6) is -0.876. The van der Waals surface area contributed by atoms with E-state index in [-0.39, 0.29) is 31.4 Å². The molecule has 32 heavy (non-hydrogen) atoms. The SMILES string of the molecule is CC(C)(C)OC(=O)N[C@@H](CC(=O)O)Cn1cnc2c(OCc3ccccc3)nc(N)nc21. The third kappa shape index (κ3) is 6.30. The molecular weight excluding hydrogens is 416 g/mol. The summed E-state index contributed by atoms with van der Waals surface area (Å²) in [4.78, 5) is 36.1. The maximum atomic E-state index is 12.2. The van der Waals surface area contributed by atoms with Gasteiger partial charge in [-0.05, 0) is 26.3 Å². The van der Waals surface area contributed by atoms with E-state index in [4.69, 9.17) is 15.2 Å². The lowest BCUT2D eigenvalue weighted by Gasteiger charge is -2.23. The van der Waals surface area contributed by atoms with Crippen LogP contribution in [0.1, 0.15) is 32.8 Å². The number of ether oxygens (including phenoxy) is 2. The average Bonchev–Trinajstić information content (AvgIpc) is 3.07. The lowest BCUT2D eigenvalue weighted by molar-refractivity contribution is -0.137. The van der Waals surface area contributed by atoms with Crippen LogP contribution in [-0.4, -0.2) is 48.3 Å². The zero-order chi connectivity index (χ0) is 23.3. The van der Waals surface area contributed by atoms with E-state index < -0.39 is 23.7 Å². The zero-order valence-corrected chi connectivity index (χ0v) is 18.1. The summed E-state index contributed by atoms with van der Waals surface area (Å²) in [5.41, 5.74) is 6.82. The molecule has 1 aromatic carbocycles. The number of hydrogen-bond donors (Lipinski definition) is 3. The van der Waals surface area contributed by atoms with Crippen LogP contribution >= 0.6 is 0 Å². The van der Waals surface area contributed by atoms with Gasteiger partial charge in [-0.2, -0.15) is 9.97 Å². The Morgan fingerprint density at radius 2 is 1.94 bits per heavy atom. The summed E-state index contributed by atoms with van der Waals surface area (Å²) in [6.07, 6.45) is 0.436. The number of carboxylic acids is 1. The minimum atomic E-state index is -1.07. The molecule has 0 radical (unpaired) electrons. The van der Waals surface area contributed by atoms with Crippen LogP contribution in [0.2, 0.25) is 0 Å². The summed E-state index contributed by atoms with van der Waals surface area (Å²) in [6.45, 7) is 5.51. The molecule has 11 heteroatoms. The molecule has 0 aliphatic carbocycles. The van der Waals surface area contributed by atoms with Crippen molar-refractivity contribution in [1.29, 1.82) is 0 Å². The summed E-state index contributed by atoms with van der Waals surface area (Å²) in [5, 5.41) is 11.8. The third-order valence-corrected chi connectivity index (χ3v) is 4.23. The predicted molar refractivity (Wildman–Crippen MR) is 116 cm³/mol. The number of hydrogen-bond acceptors (Lipinski definition) is 8. The van der Waals surface area contributed by atoms with E-state index in [2.05, 4.69) is 20.3 Å². The number of carbonyl (C=O) groups excluding carboxylic acids is 1. The summed E-state index contributed by atoms with van der Waals surface area (Å²) >= 11 is 0. The molecule has 0 unspecified atom stereocenters. The molecule has 0 aliphatic rings. The Kier molecular flexibility index (Phi) is 6.76. The summed E-state index contributed by atoms with van der Waals surface area (Å²) in [7, 11) is 0. The first-order valence-electron chi connectivity index (χ1n) is 9.97. The smallest absolute Gasteiger partial charge is 0.407 e. The molecule has 0 bridgehead atoms. The highest BCUT2D eigenvalue weighted by atomic mass is 16.6. The molecule has 0 saturated heterocycles. The first-order chi connectivity index (χ1) is 15.1. The number of benzene rings is 1. The van der Waals surface area contributed by atoms with Crippen LogP contribution in [0, 0.1) is 0 Å². The van der Waals surface area contributed by atoms with Gasteiger partial charge in [0, 0.05) is 6.54 Å². The van der Waals surface area contributed by atoms with Crippen LogP contribution < -0.4 is 15.8 Å². The fourth-order valence-corrected chi connectivity index (χ4v) is 2.98. The van der Waals surface area contributed by atoms with Crippen LogP contribution in [-0.2, 0) is 22.7 Å². The lowest BCUT2D eigenvalue weighted by Crippen LogP contribution is -2.42. The van der Waals surface area contributed by atoms with Gasteiger partial charge in [-0.1, -0.05) is 30.3 Å². The number of nitrogens with two attached hydrogens (primary N) is 1.